The summed E-state index contributed by atoms with van der Waals surface area (Å²) in [6, 6.07) is 7.70. The minimum Gasteiger partial charge on any atom is -0.351 e. The molecule has 0 saturated carbocycles. The predicted octanol–water partition coefficient (Wildman–Crippen LogP) is 3.85. The summed E-state index contributed by atoms with van der Waals surface area (Å²) >= 11 is 4.24. The van der Waals surface area contributed by atoms with E-state index in [9.17, 15) is 4.79 Å². The Morgan fingerprint density at radius 2 is 1.63 bits per heavy atom. The highest BCUT2D eigenvalue weighted by atomic mass is 32.1. The van der Waals surface area contributed by atoms with Crippen LogP contribution in [-0.4, -0.2) is 11.4 Å². The van der Waals surface area contributed by atoms with E-state index in [1.807, 2.05) is 24.3 Å². The third kappa shape index (κ3) is 6.67. The van der Waals surface area contributed by atoms with Crippen molar-refractivity contribution in [2.45, 2.75) is 57.9 Å². The van der Waals surface area contributed by atoms with Crippen LogP contribution in [0, 0.1) is 5.41 Å². The number of carbonyl (C=O) groups excluding carboxylic acids is 1. The van der Waals surface area contributed by atoms with E-state index in [-0.39, 0.29) is 16.9 Å². The molecule has 0 spiro atoms. The van der Waals surface area contributed by atoms with Crippen LogP contribution >= 0.6 is 12.6 Å². The molecule has 19 heavy (non-hydrogen) atoms. The number of thiol groups is 1. The number of nitrogens with one attached hydrogen (secondary N) is 1. The van der Waals surface area contributed by atoms with Gasteiger partial charge < -0.3 is 5.32 Å². The maximum Gasteiger partial charge on any atom is 0.224 e. The highest BCUT2D eigenvalue weighted by Gasteiger charge is 2.26. The average molecular weight is 279 g/mol. The van der Waals surface area contributed by atoms with E-state index >= 15 is 0 Å². The van der Waals surface area contributed by atoms with Gasteiger partial charge in [-0.1, -0.05) is 32.9 Å². The molecule has 0 radical (unpaired) electrons. The van der Waals surface area contributed by atoms with Gasteiger partial charge in [-0.3, -0.25) is 4.79 Å². The quantitative estimate of drug-likeness (QED) is 0.805. The molecule has 106 valence electrons. The average Bonchev–Trinajstić information content (AvgIpc) is 2.16. The Labute approximate surface area is 122 Å². The molecule has 0 heterocycles. The van der Waals surface area contributed by atoms with Gasteiger partial charge in [0.1, 0.15) is 0 Å². The highest BCUT2D eigenvalue weighted by Crippen LogP contribution is 2.26. The lowest BCUT2D eigenvalue weighted by atomic mass is 9.81. The molecule has 1 aromatic carbocycles. The minimum atomic E-state index is -0.182. The highest BCUT2D eigenvalue weighted by molar-refractivity contribution is 7.80. The van der Waals surface area contributed by atoms with Gasteiger partial charge in [0.15, 0.2) is 0 Å². The largest absolute Gasteiger partial charge is 0.351 e. The predicted molar refractivity (Wildman–Crippen MR) is 83.7 cm³/mol. The van der Waals surface area contributed by atoms with Crippen molar-refractivity contribution in [1.82, 2.24) is 5.32 Å². The van der Waals surface area contributed by atoms with Crippen LogP contribution in [0.3, 0.4) is 0 Å². The van der Waals surface area contributed by atoms with Crippen LogP contribution in [0.4, 0.5) is 0 Å². The van der Waals surface area contributed by atoms with Crippen LogP contribution in [-0.2, 0) is 11.2 Å². The molecule has 1 N–H and O–H groups in total. The van der Waals surface area contributed by atoms with Crippen molar-refractivity contribution in [3.05, 3.63) is 29.8 Å². The summed E-state index contributed by atoms with van der Waals surface area (Å²) in [4.78, 5) is 13.0. The summed E-state index contributed by atoms with van der Waals surface area (Å²) in [5.41, 5.74) is 1.03. The van der Waals surface area contributed by atoms with Gasteiger partial charge in [-0.15, -0.1) is 12.6 Å². The maximum atomic E-state index is 12.1. The van der Waals surface area contributed by atoms with Crippen LogP contribution in [0.5, 0.6) is 0 Å². The summed E-state index contributed by atoms with van der Waals surface area (Å²) in [5, 5.41) is 3.12. The zero-order valence-corrected chi connectivity index (χ0v) is 13.5. The fourth-order valence-electron chi connectivity index (χ4n) is 2.59. The fraction of sp³-hybridized carbons (Fsp3) is 0.562. The fourth-order valence-corrected chi connectivity index (χ4v) is 2.74. The summed E-state index contributed by atoms with van der Waals surface area (Å²) < 4.78 is 0. The molecular formula is C16H25NOS. The molecular weight excluding hydrogens is 254 g/mol. The van der Waals surface area contributed by atoms with Crippen LogP contribution in [0.25, 0.3) is 0 Å². The van der Waals surface area contributed by atoms with E-state index in [0.717, 1.165) is 16.9 Å². The van der Waals surface area contributed by atoms with Crippen molar-refractivity contribution in [2.24, 2.45) is 5.41 Å². The molecule has 1 aromatic rings. The van der Waals surface area contributed by atoms with Gasteiger partial charge in [0.05, 0.1) is 6.42 Å². The lowest BCUT2D eigenvalue weighted by Crippen LogP contribution is -2.46. The Kier molecular flexibility index (Phi) is 5.08. The van der Waals surface area contributed by atoms with Crippen molar-refractivity contribution in [2.75, 3.05) is 0 Å². The van der Waals surface area contributed by atoms with Gasteiger partial charge in [0.2, 0.25) is 5.91 Å². The number of rotatable bonds is 4. The smallest absolute Gasteiger partial charge is 0.224 e. The van der Waals surface area contributed by atoms with E-state index in [4.69, 9.17) is 0 Å². The molecule has 2 nitrogen and oxygen atoms in total. The van der Waals surface area contributed by atoms with Gasteiger partial charge >= 0.3 is 0 Å². The molecule has 0 bridgehead atoms. The van der Waals surface area contributed by atoms with Crippen molar-refractivity contribution in [3.8, 4) is 0 Å². The molecule has 0 unspecified atom stereocenters. The van der Waals surface area contributed by atoms with Crippen LogP contribution in [0.2, 0.25) is 0 Å². The van der Waals surface area contributed by atoms with Gasteiger partial charge in [0, 0.05) is 10.4 Å². The second-order valence-corrected chi connectivity index (χ2v) is 7.53. The normalized spacial score (nSPS) is 12.3. The van der Waals surface area contributed by atoms with Crippen molar-refractivity contribution in [3.63, 3.8) is 0 Å². The maximum absolute atomic E-state index is 12.1. The number of amides is 1. The number of hydrogen-bond acceptors (Lipinski definition) is 2. The monoisotopic (exact) mass is 279 g/mol. The minimum absolute atomic E-state index is 0.0705. The van der Waals surface area contributed by atoms with Gasteiger partial charge in [-0.05, 0) is 43.4 Å². The summed E-state index contributed by atoms with van der Waals surface area (Å²) in [6.07, 6.45) is 1.36. The Hall–Kier alpha value is -0.960. The molecule has 0 aliphatic carbocycles. The van der Waals surface area contributed by atoms with Gasteiger partial charge in [0.25, 0.3) is 0 Å². The third-order valence-corrected chi connectivity index (χ3v) is 3.05. The third-order valence-electron chi connectivity index (χ3n) is 2.75. The van der Waals surface area contributed by atoms with Crippen LogP contribution in [0.1, 0.15) is 46.6 Å². The first-order chi connectivity index (χ1) is 8.57. The molecule has 3 heteroatoms. The topological polar surface area (TPSA) is 29.1 Å². The Morgan fingerprint density at radius 3 is 2.11 bits per heavy atom. The number of hydrogen-bond donors (Lipinski definition) is 2. The first-order valence-corrected chi connectivity index (χ1v) is 7.11. The molecule has 0 atom stereocenters. The molecule has 0 aliphatic heterocycles. The van der Waals surface area contributed by atoms with Crippen molar-refractivity contribution in [1.29, 1.82) is 0 Å². The van der Waals surface area contributed by atoms with E-state index < -0.39 is 0 Å². The number of benzene rings is 1. The summed E-state index contributed by atoms with van der Waals surface area (Å²) in [6.45, 7) is 10.7. The zero-order chi connectivity index (χ0) is 14.7. The zero-order valence-electron chi connectivity index (χ0n) is 12.6. The summed E-state index contributed by atoms with van der Waals surface area (Å²) in [5.74, 6) is 0.0705. The molecule has 0 aromatic heterocycles. The van der Waals surface area contributed by atoms with Crippen molar-refractivity contribution < 1.29 is 4.79 Å². The standard InChI is InChI=1S/C16H25NOS/c1-15(2,3)11-16(4,5)17-14(18)10-12-6-8-13(19)9-7-12/h6-9,19H,10-11H2,1-5H3,(H,17,18). The van der Waals surface area contributed by atoms with E-state index in [1.165, 1.54) is 0 Å². The lowest BCUT2D eigenvalue weighted by Gasteiger charge is -2.33. The second-order valence-electron chi connectivity index (χ2n) is 7.01. The van der Waals surface area contributed by atoms with Crippen LogP contribution < -0.4 is 5.32 Å². The second kappa shape index (κ2) is 6.00. The molecule has 1 rings (SSSR count). The van der Waals surface area contributed by atoms with Crippen LogP contribution in [0.15, 0.2) is 29.2 Å². The Morgan fingerprint density at radius 1 is 1.11 bits per heavy atom. The Bertz CT molecular complexity index is 429. The molecule has 1 amide bonds. The number of carbonyl (C=O) groups is 1. The SMILES string of the molecule is CC(C)(C)CC(C)(C)NC(=O)Cc1ccc(S)cc1. The molecule has 0 fully saturated rings. The van der Waals surface area contributed by atoms with E-state index in [0.29, 0.717) is 6.42 Å². The van der Waals surface area contributed by atoms with E-state index in [2.05, 4.69) is 52.6 Å². The van der Waals surface area contributed by atoms with Crippen molar-refractivity contribution >= 4 is 18.5 Å². The molecule has 0 aliphatic rings. The van der Waals surface area contributed by atoms with Gasteiger partial charge in [-0.25, -0.2) is 0 Å². The first-order valence-electron chi connectivity index (χ1n) is 6.66. The lowest BCUT2D eigenvalue weighted by molar-refractivity contribution is -0.122. The van der Waals surface area contributed by atoms with Gasteiger partial charge in [-0.2, -0.15) is 0 Å². The Balaban J connectivity index is 2.57. The first kappa shape index (κ1) is 16.1. The van der Waals surface area contributed by atoms with E-state index in [1.54, 1.807) is 0 Å². The molecule has 0 saturated heterocycles. The summed E-state index contributed by atoms with van der Waals surface area (Å²) in [7, 11) is 0.